The molecule has 2 rings (SSSR count). The van der Waals surface area contributed by atoms with Crippen molar-refractivity contribution in [1.29, 1.82) is 0 Å². The van der Waals surface area contributed by atoms with Crippen LogP contribution < -0.4 is 10.5 Å². The summed E-state index contributed by atoms with van der Waals surface area (Å²) >= 11 is 0. The van der Waals surface area contributed by atoms with Crippen molar-refractivity contribution < 1.29 is 4.74 Å². The largest absolute Gasteiger partial charge is 0.496 e. The van der Waals surface area contributed by atoms with Gasteiger partial charge >= 0.3 is 0 Å². The lowest BCUT2D eigenvalue weighted by atomic mass is 10.0. The second-order valence-corrected chi connectivity index (χ2v) is 4.10. The minimum atomic E-state index is 0.489. The van der Waals surface area contributed by atoms with E-state index in [-0.39, 0.29) is 0 Å². The molecule has 2 aromatic rings. The SMILES string of the molecule is COc1ccc(-c2ccc(C)cc2)cc1CN. The van der Waals surface area contributed by atoms with E-state index in [1.54, 1.807) is 7.11 Å². The molecule has 2 heteroatoms. The van der Waals surface area contributed by atoms with E-state index in [2.05, 4.69) is 43.3 Å². The van der Waals surface area contributed by atoms with Crippen molar-refractivity contribution in [2.45, 2.75) is 13.5 Å². The van der Waals surface area contributed by atoms with Gasteiger partial charge < -0.3 is 10.5 Å². The maximum Gasteiger partial charge on any atom is 0.123 e. The monoisotopic (exact) mass is 227 g/mol. The van der Waals surface area contributed by atoms with E-state index < -0.39 is 0 Å². The Bertz CT molecular complexity index is 503. The first-order chi connectivity index (χ1) is 8.24. The average Bonchev–Trinajstić information content (AvgIpc) is 2.39. The molecule has 0 spiro atoms. The van der Waals surface area contributed by atoms with Crippen LogP contribution in [-0.4, -0.2) is 7.11 Å². The molecule has 88 valence electrons. The van der Waals surface area contributed by atoms with Crippen LogP contribution >= 0.6 is 0 Å². The zero-order valence-corrected chi connectivity index (χ0v) is 10.2. The second-order valence-electron chi connectivity index (χ2n) is 4.10. The van der Waals surface area contributed by atoms with Gasteiger partial charge in [-0.05, 0) is 30.2 Å². The van der Waals surface area contributed by atoms with Gasteiger partial charge in [-0.3, -0.25) is 0 Å². The molecular weight excluding hydrogens is 210 g/mol. The highest BCUT2D eigenvalue weighted by Gasteiger charge is 2.04. The Labute approximate surface area is 102 Å². The first-order valence-electron chi connectivity index (χ1n) is 5.68. The molecule has 0 bridgehead atoms. The maximum atomic E-state index is 5.72. The number of benzene rings is 2. The fourth-order valence-electron chi connectivity index (χ4n) is 1.86. The number of hydrogen-bond donors (Lipinski definition) is 1. The first kappa shape index (κ1) is 11.7. The fourth-order valence-corrected chi connectivity index (χ4v) is 1.86. The molecule has 0 saturated heterocycles. The van der Waals surface area contributed by atoms with Crippen LogP contribution in [-0.2, 0) is 6.54 Å². The van der Waals surface area contributed by atoms with Crippen LogP contribution in [0.15, 0.2) is 42.5 Å². The smallest absolute Gasteiger partial charge is 0.123 e. The van der Waals surface area contributed by atoms with Crippen molar-refractivity contribution in [2.24, 2.45) is 5.73 Å². The van der Waals surface area contributed by atoms with E-state index in [4.69, 9.17) is 10.5 Å². The summed E-state index contributed by atoms with van der Waals surface area (Å²) in [6, 6.07) is 14.6. The van der Waals surface area contributed by atoms with Gasteiger partial charge in [-0.25, -0.2) is 0 Å². The predicted molar refractivity (Wildman–Crippen MR) is 71.1 cm³/mol. The number of aryl methyl sites for hydroxylation is 1. The molecular formula is C15H17NO. The number of methoxy groups -OCH3 is 1. The number of rotatable bonds is 3. The third-order valence-electron chi connectivity index (χ3n) is 2.89. The topological polar surface area (TPSA) is 35.2 Å². The standard InChI is InChI=1S/C15H17NO/c1-11-3-5-12(6-4-11)13-7-8-15(17-2)14(9-13)10-16/h3-9H,10,16H2,1-2H3. The number of nitrogens with two attached hydrogens (primary N) is 1. The van der Waals surface area contributed by atoms with Gasteiger partial charge in [-0.1, -0.05) is 35.9 Å². The minimum absolute atomic E-state index is 0.489. The Balaban J connectivity index is 2.42. The molecule has 0 aliphatic rings. The van der Waals surface area contributed by atoms with Gasteiger partial charge in [0.15, 0.2) is 0 Å². The van der Waals surface area contributed by atoms with E-state index in [1.807, 2.05) is 6.07 Å². The summed E-state index contributed by atoms with van der Waals surface area (Å²) in [4.78, 5) is 0. The molecule has 0 unspecified atom stereocenters. The van der Waals surface area contributed by atoms with E-state index in [1.165, 1.54) is 16.7 Å². The molecule has 2 N–H and O–H groups in total. The van der Waals surface area contributed by atoms with E-state index in [0.29, 0.717) is 6.54 Å². The third kappa shape index (κ3) is 2.48. The van der Waals surface area contributed by atoms with Crippen molar-refractivity contribution in [3.8, 4) is 16.9 Å². The summed E-state index contributed by atoms with van der Waals surface area (Å²) in [6.45, 7) is 2.58. The molecule has 2 aromatic carbocycles. The first-order valence-corrected chi connectivity index (χ1v) is 5.68. The quantitative estimate of drug-likeness (QED) is 0.874. The highest BCUT2D eigenvalue weighted by Crippen LogP contribution is 2.26. The lowest BCUT2D eigenvalue weighted by Gasteiger charge is -2.09. The van der Waals surface area contributed by atoms with E-state index >= 15 is 0 Å². The van der Waals surface area contributed by atoms with Gasteiger partial charge in [-0.2, -0.15) is 0 Å². The van der Waals surface area contributed by atoms with Gasteiger partial charge in [0.25, 0.3) is 0 Å². The fraction of sp³-hybridized carbons (Fsp3) is 0.200. The van der Waals surface area contributed by atoms with Gasteiger partial charge in [0, 0.05) is 12.1 Å². The number of ether oxygens (including phenoxy) is 1. The summed E-state index contributed by atoms with van der Waals surface area (Å²) in [5, 5.41) is 0. The van der Waals surface area contributed by atoms with Crippen LogP contribution in [0.1, 0.15) is 11.1 Å². The molecule has 17 heavy (non-hydrogen) atoms. The van der Waals surface area contributed by atoms with Crippen molar-refractivity contribution in [3.05, 3.63) is 53.6 Å². The molecule has 0 atom stereocenters. The summed E-state index contributed by atoms with van der Waals surface area (Å²) in [5.74, 6) is 0.850. The maximum absolute atomic E-state index is 5.72. The zero-order chi connectivity index (χ0) is 12.3. The molecule has 0 aliphatic carbocycles. The minimum Gasteiger partial charge on any atom is -0.496 e. The highest BCUT2D eigenvalue weighted by molar-refractivity contribution is 5.66. The Morgan fingerprint density at radius 1 is 1.00 bits per heavy atom. The second kappa shape index (κ2) is 5.02. The predicted octanol–water partition coefficient (Wildman–Crippen LogP) is 3.13. The van der Waals surface area contributed by atoms with Crippen molar-refractivity contribution in [1.82, 2.24) is 0 Å². The van der Waals surface area contributed by atoms with Crippen molar-refractivity contribution >= 4 is 0 Å². The van der Waals surface area contributed by atoms with Crippen molar-refractivity contribution in [2.75, 3.05) is 7.11 Å². The Morgan fingerprint density at radius 3 is 2.24 bits per heavy atom. The Morgan fingerprint density at radius 2 is 1.65 bits per heavy atom. The van der Waals surface area contributed by atoms with Gasteiger partial charge in [0.1, 0.15) is 5.75 Å². The normalized spacial score (nSPS) is 10.3. The van der Waals surface area contributed by atoms with Crippen molar-refractivity contribution in [3.63, 3.8) is 0 Å². The Hall–Kier alpha value is -1.80. The van der Waals surface area contributed by atoms with Gasteiger partial charge in [-0.15, -0.1) is 0 Å². The van der Waals surface area contributed by atoms with Crippen LogP contribution in [0.25, 0.3) is 11.1 Å². The van der Waals surface area contributed by atoms with Crippen LogP contribution in [0.4, 0.5) is 0 Å². The molecule has 2 nitrogen and oxygen atoms in total. The summed E-state index contributed by atoms with van der Waals surface area (Å²) in [7, 11) is 1.67. The van der Waals surface area contributed by atoms with Crippen LogP contribution in [0.3, 0.4) is 0 Å². The third-order valence-corrected chi connectivity index (χ3v) is 2.89. The van der Waals surface area contributed by atoms with Crippen LogP contribution in [0, 0.1) is 6.92 Å². The van der Waals surface area contributed by atoms with E-state index in [9.17, 15) is 0 Å². The lowest BCUT2D eigenvalue weighted by molar-refractivity contribution is 0.410. The molecule has 0 saturated carbocycles. The van der Waals surface area contributed by atoms with Crippen LogP contribution in [0.5, 0.6) is 5.75 Å². The Kier molecular flexibility index (Phi) is 3.45. The molecule has 0 fully saturated rings. The summed E-state index contributed by atoms with van der Waals surface area (Å²) in [6.07, 6.45) is 0. The molecule has 0 amide bonds. The highest BCUT2D eigenvalue weighted by atomic mass is 16.5. The zero-order valence-electron chi connectivity index (χ0n) is 10.2. The summed E-state index contributed by atoms with van der Waals surface area (Å²) < 4.78 is 5.27. The van der Waals surface area contributed by atoms with Gasteiger partial charge in [0.2, 0.25) is 0 Å². The molecule has 0 radical (unpaired) electrons. The lowest BCUT2D eigenvalue weighted by Crippen LogP contribution is -2.00. The number of hydrogen-bond acceptors (Lipinski definition) is 2. The van der Waals surface area contributed by atoms with Crippen LogP contribution in [0.2, 0.25) is 0 Å². The average molecular weight is 227 g/mol. The molecule has 0 aliphatic heterocycles. The molecule has 0 heterocycles. The summed E-state index contributed by atoms with van der Waals surface area (Å²) in [5.41, 5.74) is 10.4. The van der Waals surface area contributed by atoms with Gasteiger partial charge in [0.05, 0.1) is 7.11 Å². The molecule has 0 aromatic heterocycles. The van der Waals surface area contributed by atoms with E-state index in [0.717, 1.165) is 11.3 Å².